The molecule has 0 bridgehead atoms. The van der Waals surface area contributed by atoms with Crippen LogP contribution in [0.5, 0.6) is 0 Å². The zero-order valence-electron chi connectivity index (χ0n) is 14.6. The highest BCUT2D eigenvalue weighted by Gasteiger charge is 2.32. The molecule has 4 rings (SSSR count). The second-order valence-corrected chi connectivity index (χ2v) is 7.29. The summed E-state index contributed by atoms with van der Waals surface area (Å²) in [6.07, 6.45) is 3.16. The maximum absolute atomic E-state index is 12.8. The summed E-state index contributed by atoms with van der Waals surface area (Å²) >= 11 is 1.54. The third-order valence-electron chi connectivity index (χ3n) is 4.70. The van der Waals surface area contributed by atoms with Gasteiger partial charge in [0, 0.05) is 6.54 Å². The molecule has 1 saturated heterocycles. The van der Waals surface area contributed by atoms with Crippen LogP contribution < -0.4 is 10.2 Å². The lowest BCUT2D eigenvalue weighted by molar-refractivity contribution is -0.122. The van der Waals surface area contributed by atoms with Crippen molar-refractivity contribution in [1.82, 2.24) is 15.3 Å². The fourth-order valence-electron chi connectivity index (χ4n) is 3.43. The minimum atomic E-state index is -1.04. The number of nitrogens with zero attached hydrogens (tertiary/aromatic N) is 3. The van der Waals surface area contributed by atoms with Gasteiger partial charge in [0.15, 0.2) is 0 Å². The fraction of sp³-hybridized carbons (Fsp3) is 0.333. The number of rotatable bonds is 5. The van der Waals surface area contributed by atoms with E-state index < -0.39 is 5.97 Å². The number of fused-ring (bicyclic) bond motifs is 1. The summed E-state index contributed by atoms with van der Waals surface area (Å²) < 4.78 is 5.42. The summed E-state index contributed by atoms with van der Waals surface area (Å²) in [5.74, 6) is 0.362. The van der Waals surface area contributed by atoms with Crippen molar-refractivity contribution in [2.24, 2.45) is 0 Å². The largest absolute Gasteiger partial charge is 0.478 e. The highest BCUT2D eigenvalue weighted by Crippen LogP contribution is 2.31. The maximum atomic E-state index is 12.8. The number of anilines is 1. The Labute approximate surface area is 158 Å². The van der Waals surface area contributed by atoms with Gasteiger partial charge in [-0.25, -0.2) is 14.8 Å². The molecular formula is C18H18N4O4S. The van der Waals surface area contributed by atoms with Gasteiger partial charge < -0.3 is 19.7 Å². The van der Waals surface area contributed by atoms with Crippen molar-refractivity contribution in [2.75, 3.05) is 11.4 Å². The number of aryl methyl sites for hydroxylation is 1. The second kappa shape index (κ2) is 6.99. The van der Waals surface area contributed by atoms with Crippen molar-refractivity contribution in [1.29, 1.82) is 0 Å². The van der Waals surface area contributed by atoms with Crippen LogP contribution >= 0.6 is 11.3 Å². The van der Waals surface area contributed by atoms with Crippen molar-refractivity contribution < 1.29 is 19.1 Å². The molecule has 0 spiro atoms. The van der Waals surface area contributed by atoms with Gasteiger partial charge in [-0.1, -0.05) is 0 Å². The van der Waals surface area contributed by atoms with Gasteiger partial charge in [-0.3, -0.25) is 4.79 Å². The summed E-state index contributed by atoms with van der Waals surface area (Å²) in [4.78, 5) is 35.4. The molecule has 0 aromatic carbocycles. The molecule has 4 heterocycles. The lowest BCUT2D eigenvalue weighted by Crippen LogP contribution is -2.43. The van der Waals surface area contributed by atoms with E-state index in [4.69, 9.17) is 9.52 Å². The summed E-state index contributed by atoms with van der Waals surface area (Å²) in [7, 11) is 0. The third-order valence-corrected chi connectivity index (χ3v) is 5.53. The topological polar surface area (TPSA) is 109 Å². The highest BCUT2D eigenvalue weighted by molar-refractivity contribution is 7.16. The van der Waals surface area contributed by atoms with Gasteiger partial charge in [0.25, 0.3) is 0 Å². The van der Waals surface area contributed by atoms with Gasteiger partial charge in [-0.15, -0.1) is 11.3 Å². The Morgan fingerprint density at radius 2 is 2.30 bits per heavy atom. The minimum absolute atomic E-state index is 0.113. The smallest absolute Gasteiger partial charge is 0.339 e. The average molecular weight is 386 g/mol. The Morgan fingerprint density at radius 1 is 1.44 bits per heavy atom. The SMILES string of the molecule is Cc1oc(CNC(=O)[C@@H]2CCCN2c2ncnc3sccc23)cc1C(=O)O. The van der Waals surface area contributed by atoms with Crippen molar-refractivity contribution in [3.8, 4) is 0 Å². The van der Waals surface area contributed by atoms with Crippen molar-refractivity contribution in [2.45, 2.75) is 32.4 Å². The van der Waals surface area contributed by atoms with E-state index >= 15 is 0 Å². The quantitative estimate of drug-likeness (QED) is 0.694. The van der Waals surface area contributed by atoms with Crippen LogP contribution in [0.4, 0.5) is 5.82 Å². The average Bonchev–Trinajstić information content (AvgIpc) is 3.38. The monoisotopic (exact) mass is 386 g/mol. The molecule has 1 fully saturated rings. The van der Waals surface area contributed by atoms with Crippen molar-refractivity contribution in [3.05, 3.63) is 40.9 Å². The summed E-state index contributed by atoms with van der Waals surface area (Å²) in [5, 5.41) is 14.9. The number of carbonyl (C=O) groups is 2. The third kappa shape index (κ3) is 3.25. The van der Waals surface area contributed by atoms with E-state index in [9.17, 15) is 9.59 Å². The molecule has 0 aliphatic carbocycles. The first kappa shape index (κ1) is 17.5. The first-order valence-electron chi connectivity index (χ1n) is 8.59. The molecule has 2 N–H and O–H groups in total. The number of amides is 1. The molecule has 27 heavy (non-hydrogen) atoms. The summed E-state index contributed by atoms with van der Waals surface area (Å²) in [5.41, 5.74) is 0.113. The number of hydrogen-bond acceptors (Lipinski definition) is 7. The van der Waals surface area contributed by atoms with Crippen LogP contribution in [0.15, 0.2) is 28.3 Å². The molecule has 1 amide bonds. The molecule has 1 aliphatic rings. The molecule has 3 aromatic heterocycles. The van der Waals surface area contributed by atoms with Crippen LogP contribution in [-0.2, 0) is 11.3 Å². The molecular weight excluding hydrogens is 368 g/mol. The predicted molar refractivity (Wildman–Crippen MR) is 100 cm³/mol. The van der Waals surface area contributed by atoms with Gasteiger partial charge in [-0.2, -0.15) is 0 Å². The van der Waals surface area contributed by atoms with E-state index in [1.165, 1.54) is 12.4 Å². The van der Waals surface area contributed by atoms with Crippen LogP contribution in [0.2, 0.25) is 0 Å². The Morgan fingerprint density at radius 3 is 3.07 bits per heavy atom. The fourth-order valence-corrected chi connectivity index (χ4v) is 4.16. The number of carboxylic acid groups (broad SMARTS) is 1. The summed E-state index contributed by atoms with van der Waals surface area (Å²) in [6, 6.07) is 3.10. The van der Waals surface area contributed by atoms with Crippen LogP contribution in [0.1, 0.15) is 34.7 Å². The lowest BCUT2D eigenvalue weighted by Gasteiger charge is -2.25. The number of furan rings is 1. The van der Waals surface area contributed by atoms with E-state index in [2.05, 4.69) is 15.3 Å². The number of thiophene rings is 1. The van der Waals surface area contributed by atoms with E-state index in [1.54, 1.807) is 18.3 Å². The zero-order chi connectivity index (χ0) is 19.0. The molecule has 140 valence electrons. The Balaban J connectivity index is 1.49. The highest BCUT2D eigenvalue weighted by atomic mass is 32.1. The standard InChI is InChI=1S/C18H18N4O4S/c1-10-13(18(24)25)7-11(26-10)8-19-16(23)14-3-2-5-22(14)15-12-4-6-27-17(12)21-9-20-15/h4,6-7,9,14H,2-3,5,8H2,1H3,(H,19,23)(H,24,25)/t14-/m0/s1. The predicted octanol–water partition coefficient (Wildman–Crippen LogP) is 2.58. The van der Waals surface area contributed by atoms with Gasteiger partial charge in [-0.05, 0) is 37.3 Å². The van der Waals surface area contributed by atoms with Gasteiger partial charge in [0.2, 0.25) is 5.91 Å². The zero-order valence-corrected chi connectivity index (χ0v) is 15.5. The van der Waals surface area contributed by atoms with Crippen molar-refractivity contribution in [3.63, 3.8) is 0 Å². The Bertz CT molecular complexity index is 1010. The van der Waals surface area contributed by atoms with Crippen LogP contribution in [0, 0.1) is 6.92 Å². The number of nitrogens with one attached hydrogen (secondary N) is 1. The molecule has 9 heteroatoms. The first-order chi connectivity index (χ1) is 13.0. The molecule has 3 aromatic rings. The van der Waals surface area contributed by atoms with E-state index in [0.717, 1.165) is 35.4 Å². The number of aromatic carboxylic acids is 1. The van der Waals surface area contributed by atoms with Gasteiger partial charge in [0.1, 0.15) is 40.1 Å². The number of carbonyl (C=O) groups excluding carboxylic acids is 1. The van der Waals surface area contributed by atoms with Crippen LogP contribution in [0.3, 0.4) is 0 Å². The maximum Gasteiger partial charge on any atom is 0.339 e. The molecule has 0 unspecified atom stereocenters. The van der Waals surface area contributed by atoms with Crippen LogP contribution in [0.25, 0.3) is 10.2 Å². The van der Waals surface area contributed by atoms with E-state index in [0.29, 0.717) is 11.5 Å². The molecule has 1 aliphatic heterocycles. The lowest BCUT2D eigenvalue weighted by atomic mass is 10.2. The van der Waals surface area contributed by atoms with E-state index in [1.807, 2.05) is 16.3 Å². The van der Waals surface area contributed by atoms with Crippen LogP contribution in [-0.4, -0.2) is 39.5 Å². The minimum Gasteiger partial charge on any atom is -0.478 e. The molecule has 0 radical (unpaired) electrons. The Hall–Kier alpha value is -2.94. The van der Waals surface area contributed by atoms with Gasteiger partial charge in [0.05, 0.1) is 11.9 Å². The van der Waals surface area contributed by atoms with E-state index in [-0.39, 0.29) is 24.1 Å². The number of carboxylic acids is 1. The second-order valence-electron chi connectivity index (χ2n) is 6.39. The van der Waals surface area contributed by atoms with Gasteiger partial charge >= 0.3 is 5.97 Å². The first-order valence-corrected chi connectivity index (χ1v) is 9.47. The Kier molecular flexibility index (Phi) is 4.53. The number of aromatic nitrogens is 2. The summed E-state index contributed by atoms with van der Waals surface area (Å²) in [6.45, 7) is 2.49. The molecule has 0 saturated carbocycles. The van der Waals surface area contributed by atoms with Crippen molar-refractivity contribution >= 4 is 39.2 Å². The molecule has 1 atom stereocenters. The number of hydrogen-bond donors (Lipinski definition) is 2. The molecule has 8 nitrogen and oxygen atoms in total. The normalized spacial score (nSPS) is 16.8.